The highest BCUT2D eigenvalue weighted by atomic mass is 16.5. The van der Waals surface area contributed by atoms with Gasteiger partial charge in [-0.2, -0.15) is 0 Å². The molecule has 2 bridgehead atoms. The summed E-state index contributed by atoms with van der Waals surface area (Å²) in [5.74, 6) is 3.17. The minimum atomic E-state index is -0.125. The van der Waals surface area contributed by atoms with Crippen molar-refractivity contribution in [2.24, 2.45) is 17.8 Å². The number of aromatic nitrogens is 1. The molecule has 0 radical (unpaired) electrons. The number of carbonyl (C=O) groups excluding carboxylic acids is 1. The molecule has 2 aliphatic rings. The lowest BCUT2D eigenvalue weighted by Crippen LogP contribution is -2.16. The van der Waals surface area contributed by atoms with Gasteiger partial charge in [0.1, 0.15) is 12.3 Å². The first kappa shape index (κ1) is 13.6. The Labute approximate surface area is 128 Å². The number of fused-ring (bicyclic) bond motifs is 2. The van der Waals surface area contributed by atoms with Gasteiger partial charge in [0.05, 0.1) is 6.26 Å². The Balaban J connectivity index is 1.28. The van der Waals surface area contributed by atoms with Gasteiger partial charge in [-0.15, -0.1) is 0 Å². The van der Waals surface area contributed by atoms with Crippen LogP contribution in [0, 0.1) is 17.8 Å². The van der Waals surface area contributed by atoms with E-state index in [0.29, 0.717) is 29.6 Å². The molecule has 2 fully saturated rings. The van der Waals surface area contributed by atoms with E-state index < -0.39 is 0 Å². The Morgan fingerprint density at radius 2 is 2.27 bits per heavy atom. The van der Waals surface area contributed by atoms with Gasteiger partial charge in [-0.1, -0.05) is 11.6 Å². The minimum absolute atomic E-state index is 0.125. The molecule has 0 amide bonds. The van der Waals surface area contributed by atoms with Crippen LogP contribution < -0.4 is 0 Å². The molecular weight excluding hydrogens is 282 g/mol. The molecule has 5 nitrogen and oxygen atoms in total. The van der Waals surface area contributed by atoms with Crippen LogP contribution in [0.15, 0.2) is 33.4 Å². The van der Waals surface area contributed by atoms with Crippen molar-refractivity contribution in [3.8, 4) is 11.5 Å². The first-order valence-corrected chi connectivity index (χ1v) is 7.93. The van der Waals surface area contributed by atoms with Crippen LogP contribution in [0.1, 0.15) is 37.8 Å². The van der Waals surface area contributed by atoms with E-state index in [1.54, 1.807) is 24.5 Å². The first-order valence-electron chi connectivity index (χ1n) is 7.93. The monoisotopic (exact) mass is 301 g/mol. The van der Waals surface area contributed by atoms with Crippen molar-refractivity contribution in [1.82, 2.24) is 5.16 Å². The van der Waals surface area contributed by atoms with Crippen LogP contribution in [-0.4, -0.2) is 11.1 Å². The zero-order valence-corrected chi connectivity index (χ0v) is 12.4. The summed E-state index contributed by atoms with van der Waals surface area (Å²) < 4.78 is 15.8. The Kier molecular flexibility index (Phi) is 3.48. The summed E-state index contributed by atoms with van der Waals surface area (Å²) >= 11 is 0. The fourth-order valence-electron chi connectivity index (χ4n) is 3.97. The van der Waals surface area contributed by atoms with Crippen LogP contribution in [0.5, 0.6) is 0 Å². The van der Waals surface area contributed by atoms with Crippen LogP contribution in [-0.2, 0) is 16.1 Å². The molecule has 0 N–H and O–H groups in total. The molecule has 2 saturated carbocycles. The summed E-state index contributed by atoms with van der Waals surface area (Å²) in [5, 5.41) is 3.90. The number of furan rings is 1. The summed E-state index contributed by atoms with van der Waals surface area (Å²) in [6, 6.07) is 5.32. The van der Waals surface area contributed by atoms with Gasteiger partial charge in [0, 0.05) is 12.5 Å². The molecule has 3 unspecified atom stereocenters. The first-order chi connectivity index (χ1) is 10.8. The van der Waals surface area contributed by atoms with E-state index in [1.807, 2.05) is 0 Å². The van der Waals surface area contributed by atoms with Gasteiger partial charge in [0.15, 0.2) is 5.76 Å². The van der Waals surface area contributed by atoms with Crippen molar-refractivity contribution in [1.29, 1.82) is 0 Å². The Hall–Kier alpha value is -2.04. The summed E-state index contributed by atoms with van der Waals surface area (Å²) in [6.45, 7) is 0.157. The predicted molar refractivity (Wildman–Crippen MR) is 77.6 cm³/mol. The number of hydrogen-bond acceptors (Lipinski definition) is 5. The van der Waals surface area contributed by atoms with Gasteiger partial charge in [-0.25, -0.2) is 0 Å². The van der Waals surface area contributed by atoms with Crippen molar-refractivity contribution < 1.29 is 18.5 Å². The van der Waals surface area contributed by atoms with Gasteiger partial charge >= 0.3 is 5.97 Å². The molecule has 22 heavy (non-hydrogen) atoms. The third-order valence-electron chi connectivity index (χ3n) is 5.02. The van der Waals surface area contributed by atoms with Gasteiger partial charge in [-0.05, 0) is 49.1 Å². The van der Waals surface area contributed by atoms with E-state index in [-0.39, 0.29) is 12.6 Å². The molecule has 0 aromatic carbocycles. The normalized spacial score (nSPS) is 26.5. The van der Waals surface area contributed by atoms with Crippen molar-refractivity contribution in [2.45, 2.75) is 38.7 Å². The van der Waals surface area contributed by atoms with Crippen LogP contribution in [0.2, 0.25) is 0 Å². The highest BCUT2D eigenvalue weighted by molar-refractivity contribution is 5.69. The van der Waals surface area contributed by atoms with E-state index in [2.05, 4.69) is 5.16 Å². The molecule has 2 heterocycles. The van der Waals surface area contributed by atoms with Crippen molar-refractivity contribution in [2.75, 3.05) is 0 Å². The van der Waals surface area contributed by atoms with Gasteiger partial charge in [-0.3, -0.25) is 4.79 Å². The molecule has 116 valence electrons. The van der Waals surface area contributed by atoms with Crippen molar-refractivity contribution in [3.63, 3.8) is 0 Å². The second kappa shape index (κ2) is 5.63. The molecule has 3 atom stereocenters. The van der Waals surface area contributed by atoms with Crippen LogP contribution in [0.3, 0.4) is 0 Å². The fraction of sp³-hybridized carbons (Fsp3) is 0.529. The van der Waals surface area contributed by atoms with E-state index in [0.717, 1.165) is 11.8 Å². The number of rotatable bonds is 5. The third kappa shape index (κ3) is 2.67. The summed E-state index contributed by atoms with van der Waals surface area (Å²) in [4.78, 5) is 12.0. The third-order valence-corrected chi connectivity index (χ3v) is 5.02. The highest BCUT2D eigenvalue weighted by Gasteiger charge is 2.40. The van der Waals surface area contributed by atoms with E-state index in [1.165, 1.54) is 25.7 Å². The minimum Gasteiger partial charge on any atom is -0.461 e. The predicted octanol–water partition coefficient (Wildman–Crippen LogP) is 3.80. The van der Waals surface area contributed by atoms with E-state index in [9.17, 15) is 4.79 Å². The fourth-order valence-corrected chi connectivity index (χ4v) is 3.97. The van der Waals surface area contributed by atoms with E-state index >= 15 is 0 Å². The Morgan fingerprint density at radius 3 is 3.00 bits per heavy atom. The molecule has 5 heteroatoms. The standard InChI is InChI=1S/C17H19NO4/c19-17(8-13-7-11-3-4-12(13)6-11)21-10-14-9-16(22-18-14)15-2-1-5-20-15/h1-2,5,9,11-13H,3-4,6-8,10H2. The van der Waals surface area contributed by atoms with Gasteiger partial charge < -0.3 is 13.7 Å². The SMILES string of the molecule is O=C(CC1CC2CCC1C2)OCc1cc(-c2ccco2)on1. The lowest BCUT2D eigenvalue weighted by molar-refractivity contribution is -0.146. The Morgan fingerprint density at radius 1 is 1.32 bits per heavy atom. The average molecular weight is 301 g/mol. The molecule has 0 spiro atoms. The van der Waals surface area contributed by atoms with Crippen LogP contribution in [0.4, 0.5) is 0 Å². The largest absolute Gasteiger partial charge is 0.461 e. The number of hydrogen-bond donors (Lipinski definition) is 0. The van der Waals surface area contributed by atoms with Crippen LogP contribution >= 0.6 is 0 Å². The number of esters is 1. The lowest BCUT2D eigenvalue weighted by atomic mass is 9.86. The zero-order valence-electron chi connectivity index (χ0n) is 12.4. The topological polar surface area (TPSA) is 65.5 Å². The number of ether oxygens (including phenoxy) is 1. The maximum Gasteiger partial charge on any atom is 0.306 e. The molecular formula is C17H19NO4. The number of carbonyl (C=O) groups is 1. The smallest absolute Gasteiger partial charge is 0.306 e. The summed E-state index contributed by atoms with van der Waals surface area (Å²) in [7, 11) is 0. The maximum atomic E-state index is 12.0. The average Bonchev–Trinajstić information content (AvgIpc) is 3.27. The van der Waals surface area contributed by atoms with Gasteiger partial charge in [0.25, 0.3) is 0 Å². The molecule has 4 rings (SSSR count). The molecule has 2 aromatic heterocycles. The van der Waals surface area contributed by atoms with Crippen molar-refractivity contribution >= 4 is 5.97 Å². The molecule has 2 aliphatic carbocycles. The summed E-state index contributed by atoms with van der Waals surface area (Å²) in [5.41, 5.74) is 0.604. The zero-order chi connectivity index (χ0) is 14.9. The lowest BCUT2D eigenvalue weighted by Gasteiger charge is -2.20. The second-order valence-corrected chi connectivity index (χ2v) is 6.46. The second-order valence-electron chi connectivity index (χ2n) is 6.46. The Bertz CT molecular complexity index is 645. The van der Waals surface area contributed by atoms with E-state index in [4.69, 9.17) is 13.7 Å². The molecule has 0 saturated heterocycles. The maximum absolute atomic E-state index is 12.0. The quantitative estimate of drug-likeness (QED) is 0.786. The summed E-state index contributed by atoms with van der Waals surface area (Å²) in [6.07, 6.45) is 7.28. The number of nitrogens with zero attached hydrogens (tertiary/aromatic N) is 1. The molecule has 2 aromatic rings. The van der Waals surface area contributed by atoms with Gasteiger partial charge in [0.2, 0.25) is 5.76 Å². The van der Waals surface area contributed by atoms with Crippen molar-refractivity contribution in [3.05, 3.63) is 30.2 Å². The van der Waals surface area contributed by atoms with Crippen LogP contribution in [0.25, 0.3) is 11.5 Å². The highest BCUT2D eigenvalue weighted by Crippen LogP contribution is 2.49. The molecule has 0 aliphatic heterocycles.